The number of rotatable bonds is 1. The maximum atomic E-state index is 9.78. The van der Waals surface area contributed by atoms with Crippen LogP contribution in [0.3, 0.4) is 0 Å². The number of nitrogens with one attached hydrogen (secondary N) is 1. The number of phenols is 2. The van der Waals surface area contributed by atoms with Crippen molar-refractivity contribution in [2.45, 2.75) is 0 Å². The number of aromatic amines is 1. The number of halogens is 1. The number of hydrogen-bond acceptors (Lipinski definition) is 3. The molecule has 4 nitrogen and oxygen atoms in total. The van der Waals surface area contributed by atoms with E-state index in [1.54, 1.807) is 24.3 Å². The van der Waals surface area contributed by atoms with Crippen LogP contribution in [-0.4, -0.2) is 20.2 Å². The molecule has 0 spiro atoms. The number of aromatic nitrogens is 2. The first-order valence-corrected chi connectivity index (χ1v) is 5.69. The van der Waals surface area contributed by atoms with Crippen molar-refractivity contribution in [1.82, 2.24) is 9.97 Å². The Kier molecular flexibility index (Phi) is 2.38. The summed E-state index contributed by atoms with van der Waals surface area (Å²) in [6, 6.07) is 9.69. The monoisotopic (exact) mass is 260 g/mol. The number of nitrogens with zero attached hydrogens (tertiary/aromatic N) is 1. The molecule has 1 heterocycles. The van der Waals surface area contributed by atoms with Crippen LogP contribution in [0.4, 0.5) is 0 Å². The van der Waals surface area contributed by atoms with Gasteiger partial charge in [0.15, 0.2) is 0 Å². The van der Waals surface area contributed by atoms with Gasteiger partial charge in [0, 0.05) is 11.1 Å². The van der Waals surface area contributed by atoms with Crippen molar-refractivity contribution in [1.29, 1.82) is 0 Å². The van der Waals surface area contributed by atoms with E-state index in [0.29, 0.717) is 16.4 Å². The molecule has 0 aliphatic carbocycles. The molecule has 0 saturated carbocycles. The Labute approximate surface area is 107 Å². The number of H-pyrrole nitrogens is 1. The number of benzene rings is 2. The fourth-order valence-electron chi connectivity index (χ4n) is 1.83. The Morgan fingerprint density at radius 3 is 2.67 bits per heavy atom. The minimum absolute atomic E-state index is 0.00963. The predicted molar refractivity (Wildman–Crippen MR) is 69.9 cm³/mol. The van der Waals surface area contributed by atoms with Gasteiger partial charge in [-0.2, -0.15) is 0 Å². The van der Waals surface area contributed by atoms with Gasteiger partial charge in [-0.25, -0.2) is 4.98 Å². The first-order valence-electron chi connectivity index (χ1n) is 5.31. The third kappa shape index (κ3) is 1.76. The summed E-state index contributed by atoms with van der Waals surface area (Å²) in [6.07, 6.45) is 0. The van der Waals surface area contributed by atoms with Gasteiger partial charge >= 0.3 is 0 Å². The summed E-state index contributed by atoms with van der Waals surface area (Å²) in [4.78, 5) is 7.43. The van der Waals surface area contributed by atoms with Crippen molar-refractivity contribution >= 4 is 22.6 Å². The summed E-state index contributed by atoms with van der Waals surface area (Å²) >= 11 is 5.90. The van der Waals surface area contributed by atoms with Crippen LogP contribution in [-0.2, 0) is 0 Å². The van der Waals surface area contributed by atoms with Gasteiger partial charge in [-0.3, -0.25) is 0 Å². The topological polar surface area (TPSA) is 69.1 Å². The number of aromatic hydroxyl groups is 2. The van der Waals surface area contributed by atoms with Crippen molar-refractivity contribution in [3.05, 3.63) is 41.4 Å². The molecule has 0 amide bonds. The van der Waals surface area contributed by atoms with Crippen LogP contribution in [0, 0.1) is 0 Å². The zero-order chi connectivity index (χ0) is 12.7. The molecule has 0 saturated heterocycles. The number of phenolic OH excluding ortho intramolecular Hbond substituents is 2. The lowest BCUT2D eigenvalue weighted by Gasteiger charge is -2.00. The number of fused-ring (bicyclic) bond motifs is 1. The molecule has 0 aliphatic heterocycles. The quantitative estimate of drug-likeness (QED) is 0.629. The lowest BCUT2D eigenvalue weighted by atomic mass is 10.2. The van der Waals surface area contributed by atoms with E-state index in [2.05, 4.69) is 9.97 Å². The van der Waals surface area contributed by atoms with Crippen LogP contribution in [0.2, 0.25) is 5.02 Å². The summed E-state index contributed by atoms with van der Waals surface area (Å²) in [5.74, 6) is 0.514. The lowest BCUT2D eigenvalue weighted by molar-refractivity contribution is 0.451. The maximum Gasteiger partial charge on any atom is 0.142 e. The maximum absolute atomic E-state index is 9.78. The van der Waals surface area contributed by atoms with Gasteiger partial charge in [-0.15, -0.1) is 0 Å². The average molecular weight is 261 g/mol. The molecule has 90 valence electrons. The van der Waals surface area contributed by atoms with Crippen molar-refractivity contribution < 1.29 is 10.2 Å². The van der Waals surface area contributed by atoms with E-state index >= 15 is 0 Å². The molecule has 3 N–H and O–H groups in total. The van der Waals surface area contributed by atoms with E-state index in [0.717, 1.165) is 11.0 Å². The van der Waals surface area contributed by atoms with Gasteiger partial charge < -0.3 is 15.2 Å². The Bertz CT molecular complexity index is 737. The van der Waals surface area contributed by atoms with Gasteiger partial charge in [0.1, 0.15) is 17.3 Å². The van der Waals surface area contributed by atoms with Gasteiger partial charge in [-0.1, -0.05) is 11.6 Å². The highest BCUT2D eigenvalue weighted by Gasteiger charge is 2.10. The lowest BCUT2D eigenvalue weighted by Crippen LogP contribution is -1.81. The fraction of sp³-hybridized carbons (Fsp3) is 0. The summed E-state index contributed by atoms with van der Waals surface area (Å²) < 4.78 is 0. The van der Waals surface area contributed by atoms with E-state index in [1.165, 1.54) is 12.1 Å². The molecule has 3 aromatic rings. The molecule has 0 atom stereocenters. The smallest absolute Gasteiger partial charge is 0.142 e. The third-order valence-corrected chi connectivity index (χ3v) is 2.92. The van der Waals surface area contributed by atoms with Crippen LogP contribution in [0.5, 0.6) is 11.5 Å². The van der Waals surface area contributed by atoms with Gasteiger partial charge in [0.2, 0.25) is 0 Å². The highest BCUT2D eigenvalue weighted by Crippen LogP contribution is 2.31. The van der Waals surface area contributed by atoms with Gasteiger partial charge in [0.25, 0.3) is 0 Å². The Hall–Kier alpha value is -2.20. The van der Waals surface area contributed by atoms with E-state index in [4.69, 9.17) is 11.6 Å². The van der Waals surface area contributed by atoms with E-state index < -0.39 is 0 Å². The second-order valence-electron chi connectivity index (χ2n) is 3.95. The molecular formula is C13H9ClN2O2. The molecule has 18 heavy (non-hydrogen) atoms. The Morgan fingerprint density at radius 1 is 1.06 bits per heavy atom. The molecular weight excluding hydrogens is 252 g/mol. The number of hydrogen-bond donors (Lipinski definition) is 3. The van der Waals surface area contributed by atoms with Crippen LogP contribution >= 0.6 is 11.6 Å². The molecule has 5 heteroatoms. The Morgan fingerprint density at radius 2 is 1.89 bits per heavy atom. The minimum atomic E-state index is -0.0276. The molecule has 2 aromatic carbocycles. The van der Waals surface area contributed by atoms with Crippen molar-refractivity contribution in [3.63, 3.8) is 0 Å². The third-order valence-electron chi connectivity index (χ3n) is 2.68. The molecule has 1 aromatic heterocycles. The molecule has 3 rings (SSSR count). The van der Waals surface area contributed by atoms with Crippen molar-refractivity contribution in [2.75, 3.05) is 0 Å². The Balaban J connectivity index is 2.19. The fourth-order valence-corrected chi connectivity index (χ4v) is 2.00. The van der Waals surface area contributed by atoms with Crippen LogP contribution in [0.15, 0.2) is 36.4 Å². The second kappa shape index (κ2) is 3.92. The van der Waals surface area contributed by atoms with E-state index in [-0.39, 0.29) is 11.5 Å². The largest absolute Gasteiger partial charge is 0.508 e. The van der Waals surface area contributed by atoms with Crippen molar-refractivity contribution in [3.8, 4) is 22.9 Å². The van der Waals surface area contributed by atoms with E-state index in [9.17, 15) is 10.2 Å². The zero-order valence-electron chi connectivity index (χ0n) is 9.18. The summed E-state index contributed by atoms with van der Waals surface area (Å²) in [5, 5.41) is 19.6. The predicted octanol–water partition coefficient (Wildman–Crippen LogP) is 3.29. The molecule has 0 radical (unpaired) electrons. The summed E-state index contributed by atoms with van der Waals surface area (Å²) in [6.45, 7) is 0. The minimum Gasteiger partial charge on any atom is -0.508 e. The SMILES string of the molecule is Oc1ccc(-c2nc3ccc(Cl)cc3[nH]2)c(O)c1. The zero-order valence-corrected chi connectivity index (χ0v) is 9.94. The van der Waals surface area contributed by atoms with Crippen LogP contribution in [0.1, 0.15) is 0 Å². The van der Waals surface area contributed by atoms with Crippen LogP contribution < -0.4 is 0 Å². The molecule has 0 aliphatic rings. The molecule has 0 bridgehead atoms. The average Bonchev–Trinajstić information content (AvgIpc) is 2.71. The molecule has 0 unspecified atom stereocenters. The van der Waals surface area contributed by atoms with Gasteiger partial charge in [0.05, 0.1) is 16.6 Å². The highest BCUT2D eigenvalue weighted by atomic mass is 35.5. The summed E-state index contributed by atoms with van der Waals surface area (Å²) in [5.41, 5.74) is 2.09. The van der Waals surface area contributed by atoms with Crippen molar-refractivity contribution in [2.24, 2.45) is 0 Å². The van der Waals surface area contributed by atoms with E-state index in [1.807, 2.05) is 0 Å². The number of imidazole rings is 1. The highest BCUT2D eigenvalue weighted by molar-refractivity contribution is 6.31. The first kappa shape index (κ1) is 10.9. The normalized spacial score (nSPS) is 10.9. The summed E-state index contributed by atoms with van der Waals surface area (Å²) in [7, 11) is 0. The first-order chi connectivity index (χ1) is 8.63. The van der Waals surface area contributed by atoms with Crippen LogP contribution in [0.25, 0.3) is 22.4 Å². The molecule has 0 fully saturated rings. The standard InChI is InChI=1S/C13H9ClN2O2/c14-7-1-4-10-11(5-7)16-13(15-10)9-3-2-8(17)6-12(9)18/h1-6,17-18H,(H,15,16). The van der Waals surface area contributed by atoms with Gasteiger partial charge in [-0.05, 0) is 30.3 Å². The second-order valence-corrected chi connectivity index (χ2v) is 4.38.